The Kier molecular flexibility index (Phi) is 14.0. The van der Waals surface area contributed by atoms with Crippen LogP contribution in [0.2, 0.25) is 0 Å². The van der Waals surface area contributed by atoms with Gasteiger partial charge in [-0.25, -0.2) is 0 Å². The topological polar surface area (TPSA) is 30.9 Å². The second kappa shape index (κ2) is 14.5. The molecule has 1 N–H and O–H groups in total. The van der Waals surface area contributed by atoms with Crippen molar-refractivity contribution in [2.45, 2.75) is 38.6 Å². The van der Waals surface area contributed by atoms with Gasteiger partial charge in [0.15, 0.2) is 5.96 Å². The van der Waals surface area contributed by atoms with Crippen LogP contribution in [0.15, 0.2) is 35.3 Å². The van der Waals surface area contributed by atoms with E-state index < -0.39 is 0 Å². The Bertz CT molecular complexity index is 434. The molecule has 0 saturated heterocycles. The van der Waals surface area contributed by atoms with Crippen LogP contribution in [-0.4, -0.2) is 57.0 Å². The zero-order chi connectivity index (χ0) is 16.9. The van der Waals surface area contributed by atoms with Crippen molar-refractivity contribution in [1.82, 2.24) is 15.1 Å². The van der Waals surface area contributed by atoms with Crippen LogP contribution in [0.1, 0.15) is 37.7 Å². The van der Waals surface area contributed by atoms with E-state index in [9.17, 15) is 0 Å². The van der Waals surface area contributed by atoms with Crippen LogP contribution in [0.5, 0.6) is 0 Å². The predicted molar refractivity (Wildman–Crippen MR) is 116 cm³/mol. The molecule has 1 rings (SSSR count). The summed E-state index contributed by atoms with van der Waals surface area (Å²) in [6, 6.07) is 10.5. The first-order valence-corrected chi connectivity index (χ1v) is 8.74. The smallest absolute Gasteiger partial charge is 0.193 e. The standard InChI is InChI=1S/C19H34N4.HI/c1-20-19(23(4)17-18-13-9-8-10-14-18)21-15-11-6-5-7-12-16-22(2)3;/h8-10,13-14H,5-7,11-12,15-17H2,1-4H3,(H,20,21);1H. The summed E-state index contributed by atoms with van der Waals surface area (Å²) in [5.41, 5.74) is 1.30. The molecule has 0 spiro atoms. The lowest BCUT2D eigenvalue weighted by Crippen LogP contribution is -2.38. The number of rotatable bonds is 10. The summed E-state index contributed by atoms with van der Waals surface area (Å²) in [6.07, 6.45) is 6.47. The van der Waals surface area contributed by atoms with Crippen molar-refractivity contribution < 1.29 is 0 Å². The summed E-state index contributed by atoms with van der Waals surface area (Å²) < 4.78 is 0. The average molecular weight is 446 g/mol. The SMILES string of the molecule is CN=C(NCCCCCCCN(C)C)N(C)Cc1ccccc1.I. The van der Waals surface area contributed by atoms with Gasteiger partial charge < -0.3 is 15.1 Å². The fraction of sp³-hybridized carbons (Fsp3) is 0.632. The van der Waals surface area contributed by atoms with Crippen molar-refractivity contribution in [2.75, 3.05) is 41.3 Å². The number of hydrogen-bond acceptors (Lipinski definition) is 2. The second-order valence-electron chi connectivity index (χ2n) is 6.39. The zero-order valence-corrected chi connectivity index (χ0v) is 18.1. The first kappa shape index (κ1) is 23.2. The molecule has 0 aromatic heterocycles. The highest BCUT2D eigenvalue weighted by Gasteiger charge is 2.05. The van der Waals surface area contributed by atoms with Crippen molar-refractivity contribution in [2.24, 2.45) is 4.99 Å². The molecule has 0 unspecified atom stereocenters. The molecule has 0 amide bonds. The molecule has 0 heterocycles. The van der Waals surface area contributed by atoms with Crippen LogP contribution in [0.4, 0.5) is 0 Å². The van der Waals surface area contributed by atoms with Crippen molar-refractivity contribution in [3.8, 4) is 0 Å². The van der Waals surface area contributed by atoms with E-state index in [1.807, 2.05) is 7.05 Å². The molecule has 0 fully saturated rings. The maximum absolute atomic E-state index is 4.38. The van der Waals surface area contributed by atoms with Gasteiger partial charge in [-0.3, -0.25) is 4.99 Å². The van der Waals surface area contributed by atoms with Crippen molar-refractivity contribution >= 4 is 29.9 Å². The number of nitrogens with zero attached hydrogens (tertiary/aromatic N) is 3. The Balaban J connectivity index is 0.00000529. The lowest BCUT2D eigenvalue weighted by Gasteiger charge is -2.22. The third kappa shape index (κ3) is 10.9. The number of guanidine groups is 1. The monoisotopic (exact) mass is 446 g/mol. The summed E-state index contributed by atoms with van der Waals surface area (Å²) >= 11 is 0. The maximum Gasteiger partial charge on any atom is 0.193 e. The van der Waals surface area contributed by atoms with Crippen LogP contribution in [0.3, 0.4) is 0 Å². The van der Waals surface area contributed by atoms with Crippen LogP contribution in [-0.2, 0) is 6.54 Å². The minimum absolute atomic E-state index is 0. The molecule has 0 aliphatic rings. The molecule has 0 aliphatic heterocycles. The predicted octanol–water partition coefficient (Wildman–Crippen LogP) is 3.82. The molecule has 5 heteroatoms. The van der Waals surface area contributed by atoms with Gasteiger partial charge in [0, 0.05) is 27.2 Å². The van der Waals surface area contributed by atoms with Crippen LogP contribution < -0.4 is 5.32 Å². The zero-order valence-electron chi connectivity index (χ0n) is 15.8. The average Bonchev–Trinajstić information content (AvgIpc) is 2.54. The van der Waals surface area contributed by atoms with Gasteiger partial charge in [-0.1, -0.05) is 49.6 Å². The molecule has 0 atom stereocenters. The van der Waals surface area contributed by atoms with Crippen LogP contribution in [0, 0.1) is 0 Å². The van der Waals surface area contributed by atoms with E-state index >= 15 is 0 Å². The first-order chi connectivity index (χ1) is 11.1. The number of hydrogen-bond donors (Lipinski definition) is 1. The minimum Gasteiger partial charge on any atom is -0.356 e. The van der Waals surface area contributed by atoms with Gasteiger partial charge in [-0.05, 0) is 39.0 Å². The van der Waals surface area contributed by atoms with Gasteiger partial charge in [-0.15, -0.1) is 24.0 Å². The molecule has 0 bridgehead atoms. The summed E-state index contributed by atoms with van der Waals surface area (Å²) in [4.78, 5) is 8.81. The van der Waals surface area contributed by atoms with Crippen LogP contribution in [0.25, 0.3) is 0 Å². The highest BCUT2D eigenvalue weighted by Crippen LogP contribution is 2.04. The molecule has 0 aliphatic carbocycles. The van der Waals surface area contributed by atoms with E-state index in [2.05, 4.69) is 71.6 Å². The van der Waals surface area contributed by atoms with Gasteiger partial charge in [0.2, 0.25) is 0 Å². The third-order valence-corrected chi connectivity index (χ3v) is 3.90. The normalized spacial score (nSPS) is 11.3. The number of benzene rings is 1. The number of halogens is 1. The van der Waals surface area contributed by atoms with Gasteiger partial charge >= 0.3 is 0 Å². The molecule has 24 heavy (non-hydrogen) atoms. The molecular weight excluding hydrogens is 411 g/mol. The highest BCUT2D eigenvalue weighted by molar-refractivity contribution is 14.0. The number of unbranched alkanes of at least 4 members (excludes halogenated alkanes) is 4. The van der Waals surface area contributed by atoms with E-state index in [0.29, 0.717) is 0 Å². The number of nitrogens with one attached hydrogen (secondary N) is 1. The van der Waals surface area contributed by atoms with Gasteiger partial charge in [-0.2, -0.15) is 0 Å². The Hall–Kier alpha value is -0.820. The van der Waals surface area contributed by atoms with E-state index in [0.717, 1.165) is 19.0 Å². The van der Waals surface area contributed by atoms with Crippen LogP contribution >= 0.6 is 24.0 Å². The number of aliphatic imine (C=N–C) groups is 1. The highest BCUT2D eigenvalue weighted by atomic mass is 127. The van der Waals surface area contributed by atoms with Crippen molar-refractivity contribution in [3.05, 3.63) is 35.9 Å². The third-order valence-electron chi connectivity index (χ3n) is 3.90. The Morgan fingerprint density at radius 3 is 2.21 bits per heavy atom. The Morgan fingerprint density at radius 1 is 0.958 bits per heavy atom. The lowest BCUT2D eigenvalue weighted by atomic mass is 10.1. The summed E-state index contributed by atoms with van der Waals surface area (Å²) in [6.45, 7) is 3.08. The Morgan fingerprint density at radius 2 is 1.58 bits per heavy atom. The summed E-state index contributed by atoms with van der Waals surface area (Å²) in [5.74, 6) is 0.974. The van der Waals surface area contributed by atoms with Gasteiger partial charge in [0.25, 0.3) is 0 Å². The second-order valence-corrected chi connectivity index (χ2v) is 6.39. The van der Waals surface area contributed by atoms with Crippen molar-refractivity contribution in [3.63, 3.8) is 0 Å². The van der Waals surface area contributed by atoms with Crippen molar-refractivity contribution in [1.29, 1.82) is 0 Å². The molecule has 0 saturated carbocycles. The minimum atomic E-state index is 0. The molecule has 138 valence electrons. The summed E-state index contributed by atoms with van der Waals surface area (Å²) in [5, 5.41) is 3.47. The van der Waals surface area contributed by atoms with E-state index in [1.54, 1.807) is 0 Å². The summed E-state index contributed by atoms with van der Waals surface area (Å²) in [7, 11) is 8.22. The molecular formula is C19H35IN4. The van der Waals surface area contributed by atoms with E-state index in [-0.39, 0.29) is 24.0 Å². The lowest BCUT2D eigenvalue weighted by molar-refractivity contribution is 0.389. The quantitative estimate of drug-likeness (QED) is 0.257. The fourth-order valence-electron chi connectivity index (χ4n) is 2.60. The molecule has 4 nitrogen and oxygen atoms in total. The first-order valence-electron chi connectivity index (χ1n) is 8.74. The molecule has 1 aromatic carbocycles. The Labute approximate surface area is 165 Å². The largest absolute Gasteiger partial charge is 0.356 e. The maximum atomic E-state index is 4.38. The van der Waals surface area contributed by atoms with Gasteiger partial charge in [0.1, 0.15) is 0 Å². The van der Waals surface area contributed by atoms with E-state index in [4.69, 9.17) is 0 Å². The molecule has 0 radical (unpaired) electrons. The fourth-order valence-corrected chi connectivity index (χ4v) is 2.60. The van der Waals surface area contributed by atoms with E-state index in [1.165, 1.54) is 44.2 Å². The van der Waals surface area contributed by atoms with Gasteiger partial charge in [0.05, 0.1) is 0 Å². The molecule has 1 aromatic rings.